The lowest BCUT2D eigenvalue weighted by atomic mass is 10.1. The maximum absolute atomic E-state index is 12.8. The highest BCUT2D eigenvalue weighted by atomic mass is 16.6. The molecule has 0 aromatic rings. The minimum absolute atomic E-state index is 0.0807. The molecule has 1 unspecified atom stereocenters. The summed E-state index contributed by atoms with van der Waals surface area (Å²) in [6, 6.07) is 0. The van der Waals surface area contributed by atoms with E-state index < -0.39 is 6.10 Å². The molecule has 0 amide bonds. The Morgan fingerprint density at radius 3 is 0.808 bits per heavy atom. The van der Waals surface area contributed by atoms with Gasteiger partial charge < -0.3 is 14.2 Å². The van der Waals surface area contributed by atoms with Gasteiger partial charge in [0, 0.05) is 19.3 Å². The molecule has 0 saturated carbocycles. The summed E-state index contributed by atoms with van der Waals surface area (Å²) in [6.07, 6.45) is 91.0. The van der Waals surface area contributed by atoms with Crippen molar-refractivity contribution >= 4 is 17.9 Å². The second-order valence-corrected chi connectivity index (χ2v) is 21.3. The number of unbranched alkanes of at least 4 members (excludes halogenated alkanes) is 27. The van der Waals surface area contributed by atoms with Gasteiger partial charge in [0.1, 0.15) is 13.2 Å². The van der Waals surface area contributed by atoms with Crippen LogP contribution >= 0.6 is 0 Å². The first kappa shape index (κ1) is 73.8. The third-order valence-corrected chi connectivity index (χ3v) is 13.7. The van der Waals surface area contributed by atoms with Crippen LogP contribution < -0.4 is 0 Å². The van der Waals surface area contributed by atoms with Crippen molar-refractivity contribution < 1.29 is 28.6 Å². The van der Waals surface area contributed by atoms with Gasteiger partial charge in [0.25, 0.3) is 0 Å². The van der Waals surface area contributed by atoms with Gasteiger partial charge in [0.15, 0.2) is 6.10 Å². The number of carbonyl (C=O) groups is 3. The van der Waals surface area contributed by atoms with Crippen LogP contribution in [0.5, 0.6) is 0 Å². The number of hydrogen-bond acceptors (Lipinski definition) is 6. The van der Waals surface area contributed by atoms with Crippen LogP contribution in [-0.2, 0) is 28.6 Å². The van der Waals surface area contributed by atoms with Crippen molar-refractivity contribution in [2.45, 2.75) is 303 Å². The normalized spacial score (nSPS) is 12.9. The van der Waals surface area contributed by atoms with Gasteiger partial charge in [-0.05, 0) is 116 Å². The van der Waals surface area contributed by atoms with Crippen molar-refractivity contribution in [1.82, 2.24) is 0 Å². The van der Waals surface area contributed by atoms with Crippen molar-refractivity contribution in [2.75, 3.05) is 13.2 Å². The average molecular weight is 1080 g/mol. The molecule has 0 radical (unpaired) electrons. The molecule has 0 aliphatic rings. The molecule has 0 saturated heterocycles. The van der Waals surface area contributed by atoms with Crippen LogP contribution in [0.3, 0.4) is 0 Å². The molecule has 0 aliphatic heterocycles. The van der Waals surface area contributed by atoms with E-state index >= 15 is 0 Å². The van der Waals surface area contributed by atoms with Crippen LogP contribution in [0.1, 0.15) is 297 Å². The summed E-state index contributed by atoms with van der Waals surface area (Å²) in [5.41, 5.74) is 0. The van der Waals surface area contributed by atoms with E-state index in [1.807, 2.05) is 0 Å². The van der Waals surface area contributed by atoms with Gasteiger partial charge in [0.05, 0.1) is 0 Å². The van der Waals surface area contributed by atoms with Gasteiger partial charge in [0.2, 0.25) is 0 Å². The van der Waals surface area contributed by atoms with Gasteiger partial charge in [-0.15, -0.1) is 0 Å². The highest BCUT2D eigenvalue weighted by Crippen LogP contribution is 2.16. The Balaban J connectivity index is 4.08. The van der Waals surface area contributed by atoms with Gasteiger partial charge in [-0.25, -0.2) is 0 Å². The first-order valence-electron chi connectivity index (χ1n) is 32.5. The molecule has 0 rings (SSSR count). The zero-order valence-corrected chi connectivity index (χ0v) is 50.9. The van der Waals surface area contributed by atoms with Crippen molar-refractivity contribution in [2.24, 2.45) is 0 Å². The van der Waals surface area contributed by atoms with Gasteiger partial charge in [-0.1, -0.05) is 284 Å². The zero-order chi connectivity index (χ0) is 56.4. The van der Waals surface area contributed by atoms with E-state index in [0.29, 0.717) is 19.3 Å². The Bertz CT molecular complexity index is 1620. The van der Waals surface area contributed by atoms with Crippen LogP contribution in [-0.4, -0.2) is 37.2 Å². The zero-order valence-electron chi connectivity index (χ0n) is 50.9. The summed E-state index contributed by atoms with van der Waals surface area (Å²) in [5, 5.41) is 0. The van der Waals surface area contributed by atoms with Gasteiger partial charge in [-0.3, -0.25) is 14.4 Å². The van der Waals surface area contributed by atoms with E-state index in [1.165, 1.54) is 141 Å². The van der Waals surface area contributed by atoms with Gasteiger partial charge >= 0.3 is 17.9 Å². The van der Waals surface area contributed by atoms with E-state index in [9.17, 15) is 14.4 Å². The highest BCUT2D eigenvalue weighted by molar-refractivity contribution is 5.71. The van der Waals surface area contributed by atoms with Crippen LogP contribution in [0.25, 0.3) is 0 Å². The number of esters is 3. The number of hydrogen-bond donors (Lipinski definition) is 0. The summed E-state index contributed by atoms with van der Waals surface area (Å²) in [6.45, 7) is 6.45. The highest BCUT2D eigenvalue weighted by Gasteiger charge is 2.19. The molecule has 0 spiro atoms. The summed E-state index contributed by atoms with van der Waals surface area (Å²) < 4.78 is 16.8. The second kappa shape index (κ2) is 65.3. The molecule has 0 bridgehead atoms. The van der Waals surface area contributed by atoms with Crippen molar-refractivity contribution in [1.29, 1.82) is 0 Å². The molecule has 6 nitrogen and oxygen atoms in total. The van der Waals surface area contributed by atoms with Crippen molar-refractivity contribution in [3.05, 3.63) is 122 Å². The third kappa shape index (κ3) is 62.7. The maximum atomic E-state index is 12.8. The predicted molar refractivity (Wildman–Crippen MR) is 339 cm³/mol. The lowest BCUT2D eigenvalue weighted by molar-refractivity contribution is -0.167. The molecule has 0 aromatic heterocycles. The Labute approximate surface area is 482 Å². The van der Waals surface area contributed by atoms with Crippen molar-refractivity contribution in [3.63, 3.8) is 0 Å². The molecule has 0 aromatic carbocycles. The topological polar surface area (TPSA) is 78.9 Å². The summed E-state index contributed by atoms with van der Waals surface area (Å²) >= 11 is 0. The fraction of sp³-hybridized carbons (Fsp3) is 0.681. The van der Waals surface area contributed by atoms with E-state index in [2.05, 4.69) is 142 Å². The fourth-order valence-electron chi connectivity index (χ4n) is 8.84. The van der Waals surface area contributed by atoms with E-state index in [4.69, 9.17) is 14.2 Å². The monoisotopic (exact) mass is 1080 g/mol. The quantitative estimate of drug-likeness (QED) is 0.0261. The molecule has 0 N–H and O–H groups in total. The average Bonchev–Trinajstić information content (AvgIpc) is 3.44. The Hall–Kier alpha value is -4.19. The molecular weight excluding hydrogens is 961 g/mol. The van der Waals surface area contributed by atoms with E-state index in [-0.39, 0.29) is 31.1 Å². The van der Waals surface area contributed by atoms with Crippen LogP contribution in [0.2, 0.25) is 0 Å². The molecule has 0 fully saturated rings. The van der Waals surface area contributed by atoms with E-state index in [1.54, 1.807) is 0 Å². The molecule has 1 atom stereocenters. The Kier molecular flexibility index (Phi) is 61.8. The lowest BCUT2D eigenvalue weighted by Crippen LogP contribution is -2.30. The summed E-state index contributed by atoms with van der Waals surface area (Å²) in [7, 11) is 0. The molecule has 6 heteroatoms. The summed E-state index contributed by atoms with van der Waals surface area (Å²) in [4.78, 5) is 38.0. The lowest BCUT2D eigenvalue weighted by Gasteiger charge is -2.18. The fourth-order valence-corrected chi connectivity index (χ4v) is 8.84. The van der Waals surface area contributed by atoms with E-state index in [0.717, 1.165) is 116 Å². The van der Waals surface area contributed by atoms with Crippen molar-refractivity contribution in [3.8, 4) is 0 Å². The first-order valence-corrected chi connectivity index (χ1v) is 32.5. The Morgan fingerprint density at radius 2 is 0.500 bits per heavy atom. The minimum atomic E-state index is -0.780. The van der Waals surface area contributed by atoms with Gasteiger partial charge in [-0.2, -0.15) is 0 Å². The number of ether oxygens (including phenoxy) is 3. The number of rotatable bonds is 58. The molecular formula is C72H120O6. The number of allylic oxidation sites excluding steroid dienone is 20. The standard InChI is InChI=1S/C72H120O6/c1-4-7-10-13-16-18-20-22-24-26-28-29-30-31-32-33-34-35-36-37-38-39-40-41-42-43-45-46-48-50-52-54-56-59-62-65-71(74)77-68-69(67-76-70(73)64-61-58-15-12-9-6-3)78-72(75)66-63-60-57-55-53-51-49-47-44-27-25-23-21-19-17-14-11-8-5-2/h7,10,16-19,22-25,28-29,31-32,34-35,37-38,40-41,69H,4-6,8-9,11-15,20-21,26-27,30,33,36,39,42-68H2,1-3H3/b10-7-,18-16-,19-17-,24-22-,25-23-,29-28-,32-31-,35-34-,38-37-,41-40-. The molecule has 0 heterocycles. The minimum Gasteiger partial charge on any atom is -0.462 e. The maximum Gasteiger partial charge on any atom is 0.306 e. The van der Waals surface area contributed by atoms with Crippen LogP contribution in [0.15, 0.2) is 122 Å². The smallest absolute Gasteiger partial charge is 0.306 e. The largest absolute Gasteiger partial charge is 0.462 e. The molecule has 0 aliphatic carbocycles. The second-order valence-electron chi connectivity index (χ2n) is 21.3. The van der Waals surface area contributed by atoms with Crippen LogP contribution in [0, 0.1) is 0 Å². The molecule has 78 heavy (non-hydrogen) atoms. The molecule has 444 valence electrons. The van der Waals surface area contributed by atoms with Crippen LogP contribution in [0.4, 0.5) is 0 Å². The summed E-state index contributed by atoms with van der Waals surface area (Å²) in [5.74, 6) is -0.895. The first-order chi connectivity index (χ1) is 38.5. The SMILES string of the molecule is CC/C=C\C/C=C\C/C=C\C/C=C\C/C=C\C/C=C\C/C=C\C/C=C\CCCCCCCCCCCCC(=O)OCC(COC(=O)CCCCCCCC)OC(=O)CCCCCCCCCCC/C=C\C/C=C\CCCCC. The third-order valence-electron chi connectivity index (χ3n) is 13.7. The number of carbonyl (C=O) groups excluding carboxylic acids is 3. The Morgan fingerprint density at radius 1 is 0.269 bits per heavy atom. The predicted octanol–water partition coefficient (Wildman–Crippen LogP) is 22.4.